The van der Waals surface area contributed by atoms with E-state index in [4.69, 9.17) is 0 Å². The maximum atomic E-state index is 11.1. The van der Waals surface area contributed by atoms with Gasteiger partial charge in [0, 0.05) is 17.8 Å². The van der Waals surface area contributed by atoms with E-state index in [1.807, 2.05) is 24.4 Å². The lowest BCUT2D eigenvalue weighted by molar-refractivity contribution is -0.121. The molecule has 2 N–H and O–H groups in total. The van der Waals surface area contributed by atoms with Crippen LogP contribution in [-0.2, 0) is 4.79 Å². The molecule has 0 aliphatic heterocycles. The molecule has 1 aromatic rings. The summed E-state index contributed by atoms with van der Waals surface area (Å²) in [5.74, 6) is 0.00288. The van der Waals surface area contributed by atoms with Crippen molar-refractivity contribution < 1.29 is 9.90 Å². The molecule has 78 valence electrons. The lowest BCUT2D eigenvalue weighted by Gasteiger charge is -2.07. The SMILES string of the molecule is CCNC(=O)CCC(O)c1cccs1. The van der Waals surface area contributed by atoms with Crippen molar-refractivity contribution in [3.05, 3.63) is 22.4 Å². The first-order valence-corrected chi connectivity index (χ1v) is 5.60. The van der Waals surface area contributed by atoms with Gasteiger partial charge in [-0.3, -0.25) is 4.79 Å². The molecule has 1 rings (SSSR count). The van der Waals surface area contributed by atoms with Crippen LogP contribution in [-0.4, -0.2) is 17.6 Å². The van der Waals surface area contributed by atoms with Gasteiger partial charge in [-0.15, -0.1) is 11.3 Å². The second kappa shape index (κ2) is 5.78. The molecular formula is C10H15NO2S. The summed E-state index contributed by atoms with van der Waals surface area (Å²) in [4.78, 5) is 12.0. The van der Waals surface area contributed by atoms with Crippen molar-refractivity contribution in [2.75, 3.05) is 6.54 Å². The minimum atomic E-state index is -0.502. The molecular weight excluding hydrogens is 198 g/mol. The summed E-state index contributed by atoms with van der Waals surface area (Å²) in [5, 5.41) is 14.3. The van der Waals surface area contributed by atoms with E-state index in [9.17, 15) is 9.90 Å². The number of carbonyl (C=O) groups excluding carboxylic acids is 1. The van der Waals surface area contributed by atoms with Crippen LogP contribution in [0.4, 0.5) is 0 Å². The van der Waals surface area contributed by atoms with Gasteiger partial charge in [-0.1, -0.05) is 6.07 Å². The Balaban J connectivity index is 2.28. The minimum absolute atomic E-state index is 0.00288. The van der Waals surface area contributed by atoms with E-state index in [0.717, 1.165) is 4.88 Å². The first kappa shape index (κ1) is 11.2. The van der Waals surface area contributed by atoms with Crippen LogP contribution in [0.2, 0.25) is 0 Å². The zero-order valence-corrected chi connectivity index (χ0v) is 9.01. The highest BCUT2D eigenvalue weighted by atomic mass is 32.1. The fraction of sp³-hybridized carbons (Fsp3) is 0.500. The van der Waals surface area contributed by atoms with Crippen molar-refractivity contribution in [2.24, 2.45) is 0 Å². The number of thiophene rings is 1. The number of hydrogen-bond donors (Lipinski definition) is 2. The van der Waals surface area contributed by atoms with Crippen LogP contribution in [0.3, 0.4) is 0 Å². The van der Waals surface area contributed by atoms with E-state index in [0.29, 0.717) is 19.4 Å². The molecule has 0 bridgehead atoms. The van der Waals surface area contributed by atoms with Crippen LogP contribution >= 0.6 is 11.3 Å². The largest absolute Gasteiger partial charge is 0.388 e. The molecule has 0 saturated heterocycles. The molecule has 4 heteroatoms. The van der Waals surface area contributed by atoms with E-state index in [-0.39, 0.29) is 5.91 Å². The van der Waals surface area contributed by atoms with Crippen molar-refractivity contribution in [3.63, 3.8) is 0 Å². The Hall–Kier alpha value is -0.870. The van der Waals surface area contributed by atoms with Crippen molar-refractivity contribution in [1.29, 1.82) is 0 Å². The minimum Gasteiger partial charge on any atom is -0.388 e. The maximum Gasteiger partial charge on any atom is 0.220 e. The van der Waals surface area contributed by atoms with Crippen LogP contribution in [0.15, 0.2) is 17.5 Å². The summed E-state index contributed by atoms with van der Waals surface area (Å²) in [6.07, 6.45) is 0.372. The van der Waals surface area contributed by atoms with Gasteiger partial charge in [0.2, 0.25) is 5.91 Å². The Bertz CT molecular complexity index is 272. The zero-order valence-electron chi connectivity index (χ0n) is 8.19. The molecule has 0 fully saturated rings. The van der Waals surface area contributed by atoms with Gasteiger partial charge in [-0.25, -0.2) is 0 Å². The highest BCUT2D eigenvalue weighted by Crippen LogP contribution is 2.22. The van der Waals surface area contributed by atoms with Gasteiger partial charge in [-0.05, 0) is 24.8 Å². The summed E-state index contributed by atoms with van der Waals surface area (Å²) in [6, 6.07) is 3.78. The van der Waals surface area contributed by atoms with Gasteiger partial charge in [0.25, 0.3) is 0 Å². The van der Waals surface area contributed by atoms with Crippen LogP contribution in [0.25, 0.3) is 0 Å². The number of aliphatic hydroxyl groups excluding tert-OH is 1. The molecule has 0 radical (unpaired) electrons. The standard InChI is InChI=1S/C10H15NO2S/c1-2-11-10(13)6-5-8(12)9-4-3-7-14-9/h3-4,7-8,12H,2,5-6H2,1H3,(H,11,13). The molecule has 14 heavy (non-hydrogen) atoms. The maximum absolute atomic E-state index is 11.1. The number of hydrogen-bond acceptors (Lipinski definition) is 3. The fourth-order valence-corrected chi connectivity index (χ4v) is 1.92. The second-order valence-electron chi connectivity index (χ2n) is 3.02. The fourth-order valence-electron chi connectivity index (χ4n) is 1.18. The topological polar surface area (TPSA) is 49.3 Å². The zero-order chi connectivity index (χ0) is 10.4. The summed E-state index contributed by atoms with van der Waals surface area (Å²) < 4.78 is 0. The van der Waals surface area contributed by atoms with Gasteiger partial charge in [0.1, 0.15) is 0 Å². The number of aliphatic hydroxyl groups is 1. The Morgan fingerprint density at radius 3 is 3.07 bits per heavy atom. The molecule has 1 atom stereocenters. The molecule has 1 unspecified atom stereocenters. The molecule has 0 aliphatic rings. The first-order valence-electron chi connectivity index (χ1n) is 4.72. The second-order valence-corrected chi connectivity index (χ2v) is 4.00. The molecule has 0 saturated carbocycles. The van der Waals surface area contributed by atoms with E-state index >= 15 is 0 Å². The molecule has 1 aromatic heterocycles. The molecule has 1 amide bonds. The number of nitrogens with one attached hydrogen (secondary N) is 1. The molecule has 0 spiro atoms. The van der Waals surface area contributed by atoms with Gasteiger partial charge in [0.15, 0.2) is 0 Å². The van der Waals surface area contributed by atoms with Crippen molar-refractivity contribution >= 4 is 17.2 Å². The number of amides is 1. The summed E-state index contributed by atoms with van der Waals surface area (Å²) in [7, 11) is 0. The third-order valence-electron chi connectivity index (χ3n) is 1.89. The van der Waals surface area contributed by atoms with Crippen molar-refractivity contribution in [2.45, 2.75) is 25.9 Å². The molecule has 0 aliphatic carbocycles. The lowest BCUT2D eigenvalue weighted by atomic mass is 10.1. The van der Waals surface area contributed by atoms with Crippen LogP contribution in [0, 0.1) is 0 Å². The first-order chi connectivity index (χ1) is 6.74. The van der Waals surface area contributed by atoms with Crippen molar-refractivity contribution in [3.8, 4) is 0 Å². The lowest BCUT2D eigenvalue weighted by Crippen LogP contribution is -2.22. The molecule has 1 heterocycles. The number of rotatable bonds is 5. The van der Waals surface area contributed by atoms with Gasteiger partial charge < -0.3 is 10.4 Å². The third-order valence-corrected chi connectivity index (χ3v) is 2.86. The normalized spacial score (nSPS) is 12.4. The monoisotopic (exact) mass is 213 g/mol. The average molecular weight is 213 g/mol. The van der Waals surface area contributed by atoms with E-state index in [1.54, 1.807) is 0 Å². The predicted molar refractivity (Wildman–Crippen MR) is 57.2 cm³/mol. The van der Waals surface area contributed by atoms with Gasteiger partial charge in [0.05, 0.1) is 6.10 Å². The number of carbonyl (C=O) groups is 1. The Labute approximate surface area is 87.8 Å². The van der Waals surface area contributed by atoms with Crippen LogP contribution < -0.4 is 5.32 Å². The molecule has 0 aromatic carbocycles. The smallest absolute Gasteiger partial charge is 0.220 e. The van der Waals surface area contributed by atoms with Crippen LogP contribution in [0.1, 0.15) is 30.7 Å². The quantitative estimate of drug-likeness (QED) is 0.782. The van der Waals surface area contributed by atoms with Gasteiger partial charge >= 0.3 is 0 Å². The summed E-state index contributed by atoms with van der Waals surface area (Å²) in [5.41, 5.74) is 0. The van der Waals surface area contributed by atoms with E-state index in [2.05, 4.69) is 5.32 Å². The van der Waals surface area contributed by atoms with E-state index in [1.165, 1.54) is 11.3 Å². The van der Waals surface area contributed by atoms with E-state index < -0.39 is 6.10 Å². The molecule has 3 nitrogen and oxygen atoms in total. The third kappa shape index (κ3) is 3.47. The van der Waals surface area contributed by atoms with Crippen molar-refractivity contribution in [1.82, 2.24) is 5.32 Å². The Kier molecular flexibility index (Phi) is 4.62. The Morgan fingerprint density at radius 2 is 2.50 bits per heavy atom. The average Bonchev–Trinajstić information content (AvgIpc) is 2.67. The summed E-state index contributed by atoms with van der Waals surface area (Å²) >= 11 is 1.51. The Morgan fingerprint density at radius 1 is 1.71 bits per heavy atom. The highest BCUT2D eigenvalue weighted by Gasteiger charge is 2.10. The van der Waals surface area contributed by atoms with Crippen LogP contribution in [0.5, 0.6) is 0 Å². The van der Waals surface area contributed by atoms with Gasteiger partial charge in [-0.2, -0.15) is 0 Å². The predicted octanol–water partition coefficient (Wildman–Crippen LogP) is 1.70. The summed E-state index contributed by atoms with van der Waals surface area (Å²) in [6.45, 7) is 2.53. The highest BCUT2D eigenvalue weighted by molar-refractivity contribution is 7.10.